The maximum absolute atomic E-state index is 12.7. The Morgan fingerprint density at radius 1 is 1.48 bits per heavy atom. The lowest BCUT2D eigenvalue weighted by molar-refractivity contribution is -0.0853. The zero-order valence-electron chi connectivity index (χ0n) is 14.3. The highest BCUT2D eigenvalue weighted by Crippen LogP contribution is 2.51. The van der Waals surface area contributed by atoms with Crippen molar-refractivity contribution in [2.45, 2.75) is 58.6 Å². The van der Waals surface area contributed by atoms with Gasteiger partial charge in [0.2, 0.25) is 0 Å². The van der Waals surface area contributed by atoms with E-state index in [4.69, 9.17) is 4.74 Å². The predicted octanol–water partition coefficient (Wildman–Crippen LogP) is 4.11. The van der Waals surface area contributed by atoms with Gasteiger partial charge in [-0.1, -0.05) is 44.4 Å². The lowest BCUT2D eigenvalue weighted by Gasteiger charge is -2.60. The fourth-order valence-electron chi connectivity index (χ4n) is 4.46. The van der Waals surface area contributed by atoms with Crippen molar-refractivity contribution >= 4 is 22.5 Å². The third-order valence-electron chi connectivity index (χ3n) is 5.24. The molecule has 2 aliphatic rings. The maximum atomic E-state index is 12.7. The van der Waals surface area contributed by atoms with Gasteiger partial charge in [0.25, 0.3) is 0 Å². The summed E-state index contributed by atoms with van der Waals surface area (Å²) in [6.07, 6.45) is 8.28. The Labute approximate surface area is 142 Å². The highest BCUT2D eigenvalue weighted by Gasteiger charge is 2.55. The fourth-order valence-corrected chi connectivity index (χ4v) is 5.24. The lowest BCUT2D eigenvalue weighted by atomic mass is 9.60. The molecule has 1 aromatic heterocycles. The van der Waals surface area contributed by atoms with E-state index in [2.05, 4.69) is 24.1 Å². The van der Waals surface area contributed by atoms with Gasteiger partial charge in [0, 0.05) is 31.3 Å². The van der Waals surface area contributed by atoms with Gasteiger partial charge < -0.3 is 9.64 Å². The number of urea groups is 1. The SMILES string of the molecule is COCc1cnc(NC(=O)N2CC3(CCCCC3)[C@H]2C(C)C)s1. The second-order valence-electron chi connectivity index (χ2n) is 7.23. The first-order valence-electron chi connectivity index (χ1n) is 8.57. The zero-order valence-corrected chi connectivity index (χ0v) is 15.1. The number of methoxy groups -OCH3 is 1. The molecule has 1 N–H and O–H groups in total. The van der Waals surface area contributed by atoms with E-state index in [1.807, 2.05) is 4.90 Å². The van der Waals surface area contributed by atoms with Gasteiger partial charge in [-0.2, -0.15) is 0 Å². The normalized spacial score (nSPS) is 23.1. The Hall–Kier alpha value is -1.14. The number of ether oxygens (including phenoxy) is 1. The number of likely N-dealkylation sites (tertiary alicyclic amines) is 1. The lowest BCUT2D eigenvalue weighted by Crippen LogP contribution is -2.69. The van der Waals surface area contributed by atoms with Crippen molar-refractivity contribution in [3.63, 3.8) is 0 Å². The monoisotopic (exact) mass is 337 g/mol. The molecule has 1 atom stereocenters. The van der Waals surface area contributed by atoms with Gasteiger partial charge in [-0.25, -0.2) is 9.78 Å². The number of nitrogens with zero attached hydrogens (tertiary/aromatic N) is 2. The third kappa shape index (κ3) is 3.24. The van der Waals surface area contributed by atoms with Crippen molar-refractivity contribution in [3.8, 4) is 0 Å². The van der Waals surface area contributed by atoms with Crippen LogP contribution in [0.1, 0.15) is 50.8 Å². The number of amides is 2. The van der Waals surface area contributed by atoms with Crippen LogP contribution >= 0.6 is 11.3 Å². The summed E-state index contributed by atoms with van der Waals surface area (Å²) in [6.45, 7) is 5.91. The molecule has 6 heteroatoms. The molecule has 23 heavy (non-hydrogen) atoms. The van der Waals surface area contributed by atoms with Crippen molar-refractivity contribution in [3.05, 3.63) is 11.1 Å². The Morgan fingerprint density at radius 2 is 2.22 bits per heavy atom. The van der Waals surface area contributed by atoms with Crippen LogP contribution in [0.2, 0.25) is 0 Å². The van der Waals surface area contributed by atoms with Gasteiger partial charge in [-0.05, 0) is 18.8 Å². The van der Waals surface area contributed by atoms with Crippen LogP contribution in [0, 0.1) is 11.3 Å². The summed E-state index contributed by atoms with van der Waals surface area (Å²) in [6, 6.07) is 0.361. The van der Waals surface area contributed by atoms with E-state index in [9.17, 15) is 4.79 Å². The molecule has 5 nitrogen and oxygen atoms in total. The predicted molar refractivity (Wildman–Crippen MR) is 92.7 cm³/mol. The van der Waals surface area contributed by atoms with E-state index in [1.54, 1.807) is 13.3 Å². The second kappa shape index (κ2) is 6.77. The summed E-state index contributed by atoms with van der Waals surface area (Å²) in [4.78, 5) is 20.0. The maximum Gasteiger partial charge on any atom is 0.323 e. The highest BCUT2D eigenvalue weighted by atomic mass is 32.1. The molecule has 2 heterocycles. The second-order valence-corrected chi connectivity index (χ2v) is 8.35. The number of thiazole rings is 1. The number of carbonyl (C=O) groups excluding carboxylic acids is 1. The van der Waals surface area contributed by atoms with Gasteiger partial charge in [0.05, 0.1) is 11.5 Å². The Bertz CT molecular complexity index is 552. The van der Waals surface area contributed by atoms with E-state index in [0.717, 1.165) is 11.4 Å². The number of rotatable bonds is 4. The summed E-state index contributed by atoms with van der Waals surface area (Å²) >= 11 is 1.48. The minimum atomic E-state index is -0.00165. The van der Waals surface area contributed by atoms with Crippen molar-refractivity contribution in [2.75, 3.05) is 19.0 Å². The molecule has 2 fully saturated rings. The molecular weight excluding hydrogens is 310 g/mol. The van der Waals surface area contributed by atoms with Crippen LogP contribution in [0.4, 0.5) is 9.93 Å². The molecule has 0 aromatic carbocycles. The van der Waals surface area contributed by atoms with Crippen molar-refractivity contribution in [1.29, 1.82) is 0 Å². The fraction of sp³-hybridized carbons (Fsp3) is 0.765. The molecule has 1 saturated heterocycles. The number of hydrogen-bond donors (Lipinski definition) is 1. The van der Waals surface area contributed by atoms with Crippen molar-refractivity contribution in [1.82, 2.24) is 9.88 Å². The van der Waals surface area contributed by atoms with Gasteiger partial charge in [-0.3, -0.25) is 5.32 Å². The first-order chi connectivity index (χ1) is 11.1. The Morgan fingerprint density at radius 3 is 2.87 bits per heavy atom. The molecular formula is C17H27N3O2S. The number of anilines is 1. The third-order valence-corrected chi connectivity index (χ3v) is 6.13. The molecule has 1 aliphatic heterocycles. The molecule has 0 radical (unpaired) electrons. The van der Waals surface area contributed by atoms with Crippen LogP contribution in [-0.2, 0) is 11.3 Å². The van der Waals surface area contributed by atoms with Gasteiger partial charge in [0.15, 0.2) is 5.13 Å². The molecule has 3 rings (SSSR count). The zero-order chi connectivity index (χ0) is 16.4. The Kier molecular flexibility index (Phi) is 4.92. The van der Waals surface area contributed by atoms with Crippen LogP contribution in [0.3, 0.4) is 0 Å². The average molecular weight is 337 g/mol. The summed E-state index contributed by atoms with van der Waals surface area (Å²) < 4.78 is 5.10. The minimum absolute atomic E-state index is 0.00165. The molecule has 128 valence electrons. The molecule has 2 amide bonds. The quantitative estimate of drug-likeness (QED) is 0.899. The molecule has 1 spiro atoms. The largest absolute Gasteiger partial charge is 0.379 e. The summed E-state index contributed by atoms with van der Waals surface area (Å²) in [5, 5.41) is 3.63. The van der Waals surface area contributed by atoms with Gasteiger partial charge in [-0.15, -0.1) is 0 Å². The number of aromatic nitrogens is 1. The van der Waals surface area contributed by atoms with Crippen LogP contribution in [-0.4, -0.2) is 35.6 Å². The number of carbonyl (C=O) groups is 1. The van der Waals surface area contributed by atoms with Crippen LogP contribution in [0.5, 0.6) is 0 Å². The summed E-state index contributed by atoms with van der Waals surface area (Å²) in [5.41, 5.74) is 0.369. The molecule has 0 unspecified atom stereocenters. The van der Waals surface area contributed by atoms with Gasteiger partial charge in [0.1, 0.15) is 0 Å². The van der Waals surface area contributed by atoms with E-state index in [1.165, 1.54) is 43.4 Å². The molecule has 1 saturated carbocycles. The van der Waals surface area contributed by atoms with Crippen LogP contribution in [0.25, 0.3) is 0 Å². The average Bonchev–Trinajstić information content (AvgIpc) is 2.93. The minimum Gasteiger partial charge on any atom is -0.379 e. The van der Waals surface area contributed by atoms with E-state index in [0.29, 0.717) is 29.1 Å². The summed E-state index contributed by atoms with van der Waals surface area (Å²) in [7, 11) is 1.66. The van der Waals surface area contributed by atoms with Crippen molar-refractivity contribution < 1.29 is 9.53 Å². The van der Waals surface area contributed by atoms with Crippen LogP contribution in [0.15, 0.2) is 6.20 Å². The van der Waals surface area contributed by atoms with E-state index < -0.39 is 0 Å². The first kappa shape index (κ1) is 16.7. The summed E-state index contributed by atoms with van der Waals surface area (Å²) in [5.74, 6) is 0.493. The molecule has 1 aliphatic carbocycles. The molecule has 0 bridgehead atoms. The number of hydrogen-bond acceptors (Lipinski definition) is 4. The highest BCUT2D eigenvalue weighted by molar-refractivity contribution is 7.15. The van der Waals surface area contributed by atoms with E-state index >= 15 is 0 Å². The number of nitrogens with one attached hydrogen (secondary N) is 1. The first-order valence-corrected chi connectivity index (χ1v) is 9.39. The topological polar surface area (TPSA) is 54.5 Å². The van der Waals surface area contributed by atoms with Crippen LogP contribution < -0.4 is 5.32 Å². The smallest absolute Gasteiger partial charge is 0.323 e. The molecule has 1 aromatic rings. The Balaban J connectivity index is 1.64. The van der Waals surface area contributed by atoms with E-state index in [-0.39, 0.29) is 6.03 Å². The van der Waals surface area contributed by atoms with Gasteiger partial charge >= 0.3 is 6.03 Å². The standard InChI is InChI=1S/C17H27N3O2S/c1-12(2)14-17(7-5-4-6-8-17)11-20(14)16(21)19-15-18-9-13(23-15)10-22-3/h9,12,14H,4-8,10-11H2,1-3H3,(H,18,19,21)/t14-/m1/s1. The van der Waals surface area contributed by atoms with Crippen molar-refractivity contribution in [2.24, 2.45) is 11.3 Å².